The standard InChI is InChI=1S/C11H15NO5S/c1-2-17-6-7-18(15,16)12-10-5-3-4-9(8-10)11(13)14/h3-5,8,12H,2,6-7H2,1H3,(H,13,14). The van der Waals surface area contributed by atoms with Crippen molar-refractivity contribution in [3.63, 3.8) is 0 Å². The Kier molecular flexibility index (Phi) is 5.11. The lowest BCUT2D eigenvalue weighted by molar-refractivity contribution is 0.0697. The Morgan fingerprint density at radius 3 is 2.78 bits per heavy atom. The summed E-state index contributed by atoms with van der Waals surface area (Å²) in [6.45, 7) is 2.32. The van der Waals surface area contributed by atoms with Gasteiger partial charge in [0, 0.05) is 12.3 Å². The van der Waals surface area contributed by atoms with Gasteiger partial charge in [-0.3, -0.25) is 4.72 Å². The van der Waals surface area contributed by atoms with Gasteiger partial charge in [0.15, 0.2) is 0 Å². The van der Waals surface area contributed by atoms with Crippen molar-refractivity contribution in [3.05, 3.63) is 29.8 Å². The van der Waals surface area contributed by atoms with E-state index in [1.807, 2.05) is 0 Å². The van der Waals surface area contributed by atoms with Gasteiger partial charge in [-0.25, -0.2) is 13.2 Å². The second-order valence-electron chi connectivity index (χ2n) is 3.50. The van der Waals surface area contributed by atoms with E-state index < -0.39 is 16.0 Å². The van der Waals surface area contributed by atoms with Crippen LogP contribution in [0.1, 0.15) is 17.3 Å². The molecule has 6 nitrogen and oxygen atoms in total. The Morgan fingerprint density at radius 1 is 1.44 bits per heavy atom. The average molecular weight is 273 g/mol. The predicted molar refractivity (Wildman–Crippen MR) is 67.3 cm³/mol. The van der Waals surface area contributed by atoms with E-state index in [4.69, 9.17) is 9.84 Å². The number of hydrogen-bond donors (Lipinski definition) is 2. The summed E-state index contributed by atoms with van der Waals surface area (Å²) in [5.41, 5.74) is 0.256. The van der Waals surface area contributed by atoms with E-state index in [0.717, 1.165) is 0 Å². The van der Waals surface area contributed by atoms with Crippen LogP contribution in [0.25, 0.3) is 0 Å². The van der Waals surface area contributed by atoms with Crippen LogP contribution in [0.3, 0.4) is 0 Å². The highest BCUT2D eigenvalue weighted by molar-refractivity contribution is 7.92. The van der Waals surface area contributed by atoms with E-state index in [2.05, 4.69) is 4.72 Å². The van der Waals surface area contributed by atoms with E-state index >= 15 is 0 Å². The van der Waals surface area contributed by atoms with Gasteiger partial charge in [0.25, 0.3) is 0 Å². The molecule has 0 aliphatic heterocycles. The van der Waals surface area contributed by atoms with Crippen LogP contribution in [0.5, 0.6) is 0 Å². The van der Waals surface area contributed by atoms with Crippen LogP contribution in [0, 0.1) is 0 Å². The molecule has 0 atom stereocenters. The molecule has 0 bridgehead atoms. The van der Waals surface area contributed by atoms with E-state index in [0.29, 0.717) is 6.61 Å². The first-order valence-electron chi connectivity index (χ1n) is 5.36. The smallest absolute Gasteiger partial charge is 0.335 e. The number of rotatable bonds is 7. The molecule has 100 valence electrons. The van der Waals surface area contributed by atoms with Crippen LogP contribution in [0.2, 0.25) is 0 Å². The Bertz CT molecular complexity index is 512. The maximum absolute atomic E-state index is 11.6. The van der Waals surface area contributed by atoms with Crippen molar-refractivity contribution < 1.29 is 23.1 Å². The van der Waals surface area contributed by atoms with Crippen molar-refractivity contribution in [2.24, 2.45) is 0 Å². The highest BCUT2D eigenvalue weighted by atomic mass is 32.2. The molecular weight excluding hydrogens is 258 g/mol. The molecule has 1 rings (SSSR count). The maximum atomic E-state index is 11.6. The highest BCUT2D eigenvalue weighted by Gasteiger charge is 2.11. The second kappa shape index (κ2) is 6.36. The van der Waals surface area contributed by atoms with Crippen LogP contribution in [0.15, 0.2) is 24.3 Å². The Labute approximate surface area is 106 Å². The van der Waals surface area contributed by atoms with Gasteiger partial charge < -0.3 is 9.84 Å². The Morgan fingerprint density at radius 2 is 2.17 bits per heavy atom. The minimum Gasteiger partial charge on any atom is -0.478 e. The van der Waals surface area contributed by atoms with Gasteiger partial charge in [0.05, 0.1) is 17.9 Å². The summed E-state index contributed by atoms with van der Waals surface area (Å²) in [6.07, 6.45) is 0. The van der Waals surface area contributed by atoms with Crippen molar-refractivity contribution in [2.75, 3.05) is 23.7 Å². The summed E-state index contributed by atoms with van der Waals surface area (Å²) >= 11 is 0. The van der Waals surface area contributed by atoms with Gasteiger partial charge in [0.2, 0.25) is 10.0 Å². The third-order valence-electron chi connectivity index (χ3n) is 2.08. The van der Waals surface area contributed by atoms with Crippen molar-refractivity contribution in [2.45, 2.75) is 6.92 Å². The molecule has 18 heavy (non-hydrogen) atoms. The number of aromatic carboxylic acids is 1. The Balaban J connectivity index is 2.72. The highest BCUT2D eigenvalue weighted by Crippen LogP contribution is 2.12. The van der Waals surface area contributed by atoms with Crippen molar-refractivity contribution in [1.82, 2.24) is 0 Å². The molecule has 0 saturated carbocycles. The third-order valence-corrected chi connectivity index (χ3v) is 3.33. The minimum atomic E-state index is -3.52. The molecule has 2 N–H and O–H groups in total. The number of benzene rings is 1. The van der Waals surface area contributed by atoms with Crippen molar-refractivity contribution in [3.8, 4) is 0 Å². The summed E-state index contributed by atoms with van der Waals surface area (Å²) in [6, 6.07) is 5.62. The van der Waals surface area contributed by atoms with Gasteiger partial charge in [-0.1, -0.05) is 6.07 Å². The van der Waals surface area contributed by atoms with Gasteiger partial charge >= 0.3 is 5.97 Å². The number of anilines is 1. The average Bonchev–Trinajstić information content (AvgIpc) is 2.28. The SMILES string of the molecule is CCOCCS(=O)(=O)Nc1cccc(C(=O)O)c1. The molecule has 0 fully saturated rings. The summed E-state index contributed by atoms with van der Waals surface area (Å²) < 4.78 is 30.5. The summed E-state index contributed by atoms with van der Waals surface area (Å²) in [5.74, 6) is -1.27. The molecule has 0 unspecified atom stereocenters. The van der Waals surface area contributed by atoms with E-state index in [1.54, 1.807) is 6.92 Å². The van der Waals surface area contributed by atoms with Gasteiger partial charge in [0.1, 0.15) is 0 Å². The fourth-order valence-corrected chi connectivity index (χ4v) is 2.18. The molecule has 1 aromatic carbocycles. The minimum absolute atomic E-state index is 0.0278. The molecule has 1 aromatic rings. The van der Waals surface area contributed by atoms with Crippen LogP contribution >= 0.6 is 0 Å². The van der Waals surface area contributed by atoms with Crippen LogP contribution in [0.4, 0.5) is 5.69 Å². The first-order chi connectivity index (χ1) is 8.44. The monoisotopic (exact) mass is 273 g/mol. The van der Waals surface area contributed by atoms with E-state index in [9.17, 15) is 13.2 Å². The van der Waals surface area contributed by atoms with Gasteiger partial charge in [-0.15, -0.1) is 0 Å². The lowest BCUT2D eigenvalue weighted by atomic mass is 10.2. The number of carboxylic acid groups (broad SMARTS) is 1. The van der Waals surface area contributed by atoms with Crippen LogP contribution in [-0.2, 0) is 14.8 Å². The quantitative estimate of drug-likeness (QED) is 0.727. The number of sulfonamides is 1. The number of carbonyl (C=O) groups is 1. The van der Waals surface area contributed by atoms with E-state index in [-0.39, 0.29) is 23.6 Å². The summed E-state index contributed by atoms with van der Waals surface area (Å²) in [4.78, 5) is 10.7. The topological polar surface area (TPSA) is 92.7 Å². The fourth-order valence-electron chi connectivity index (χ4n) is 1.26. The third kappa shape index (κ3) is 4.72. The van der Waals surface area contributed by atoms with E-state index in [1.165, 1.54) is 24.3 Å². The zero-order chi connectivity index (χ0) is 13.6. The molecule has 7 heteroatoms. The second-order valence-corrected chi connectivity index (χ2v) is 5.35. The molecule has 0 radical (unpaired) electrons. The maximum Gasteiger partial charge on any atom is 0.335 e. The zero-order valence-electron chi connectivity index (χ0n) is 9.92. The number of hydrogen-bond acceptors (Lipinski definition) is 4. The number of ether oxygens (including phenoxy) is 1. The molecule has 0 aromatic heterocycles. The van der Waals surface area contributed by atoms with Crippen LogP contribution < -0.4 is 4.72 Å². The molecule has 0 aliphatic rings. The lowest BCUT2D eigenvalue weighted by Crippen LogP contribution is -2.20. The van der Waals surface area contributed by atoms with Gasteiger partial charge in [-0.05, 0) is 25.1 Å². The summed E-state index contributed by atoms with van der Waals surface area (Å²) in [7, 11) is -3.52. The number of carboxylic acids is 1. The molecule has 0 spiro atoms. The van der Waals surface area contributed by atoms with Crippen molar-refractivity contribution in [1.29, 1.82) is 0 Å². The lowest BCUT2D eigenvalue weighted by Gasteiger charge is -2.08. The molecule has 0 amide bonds. The predicted octanol–water partition coefficient (Wildman–Crippen LogP) is 1.16. The van der Waals surface area contributed by atoms with Gasteiger partial charge in [-0.2, -0.15) is 0 Å². The largest absolute Gasteiger partial charge is 0.478 e. The normalized spacial score (nSPS) is 11.2. The first kappa shape index (κ1) is 14.5. The zero-order valence-corrected chi connectivity index (χ0v) is 10.7. The Hall–Kier alpha value is -1.60. The van der Waals surface area contributed by atoms with Crippen molar-refractivity contribution >= 4 is 21.7 Å². The molecule has 0 saturated heterocycles. The van der Waals surface area contributed by atoms with Crippen LogP contribution in [-0.4, -0.2) is 38.5 Å². The molecule has 0 aliphatic carbocycles. The molecular formula is C11H15NO5S. The summed E-state index contributed by atoms with van der Waals surface area (Å²) in [5, 5.41) is 8.78. The fraction of sp³-hybridized carbons (Fsp3) is 0.364. The molecule has 0 heterocycles. The first-order valence-corrected chi connectivity index (χ1v) is 7.01. The number of nitrogens with one attached hydrogen (secondary N) is 1.